The Labute approximate surface area is 110 Å². The van der Waals surface area contributed by atoms with Gasteiger partial charge in [0.2, 0.25) is 0 Å². The van der Waals surface area contributed by atoms with E-state index in [4.69, 9.17) is 5.73 Å². The molecule has 1 rings (SSSR count). The van der Waals surface area contributed by atoms with E-state index in [1.807, 2.05) is 0 Å². The number of nitrogen functional groups attached to an aromatic ring is 1. The van der Waals surface area contributed by atoms with E-state index in [1.54, 1.807) is 24.3 Å². The molecule has 0 fully saturated rings. The van der Waals surface area contributed by atoms with Crippen molar-refractivity contribution in [3.05, 3.63) is 38.1 Å². The van der Waals surface area contributed by atoms with Crippen LogP contribution in [0.4, 0.5) is 11.4 Å². The van der Waals surface area contributed by atoms with Crippen LogP contribution in [-0.4, -0.2) is 5.91 Å². The van der Waals surface area contributed by atoms with Gasteiger partial charge in [0.15, 0.2) is 0 Å². The molecule has 1 radical (unpaired) electrons. The molecule has 3 nitrogen and oxygen atoms in total. The fourth-order valence-corrected chi connectivity index (χ4v) is 0.761. The van der Waals surface area contributed by atoms with E-state index < -0.39 is 0 Å². The number of hydrogen-bond acceptors (Lipinski definition) is 2. The summed E-state index contributed by atoms with van der Waals surface area (Å²) < 4.78 is 0. The molecule has 4 heteroatoms. The predicted molar refractivity (Wildman–Crippen MR) is 65.0 cm³/mol. The van der Waals surface area contributed by atoms with Crippen molar-refractivity contribution in [2.75, 3.05) is 11.1 Å². The Hall–Kier alpha value is -1.06. The third-order valence-corrected chi connectivity index (χ3v) is 1.23. The van der Waals surface area contributed by atoms with E-state index >= 15 is 0 Å². The Bertz CT molecular complexity index is 311. The molecule has 0 unspecified atom stereocenters. The molecule has 0 saturated heterocycles. The maximum absolute atomic E-state index is 10.5. The summed E-state index contributed by atoms with van der Waals surface area (Å²) in [6, 6.07) is 7.03. The molecule has 0 heterocycles. The molecular weight excluding hydrogens is 239 g/mol. The summed E-state index contributed by atoms with van der Waals surface area (Å²) in [5.41, 5.74) is 6.68. The molecular formula is C12H18N2OV. The first-order valence-electron chi connectivity index (χ1n) is 4.74. The van der Waals surface area contributed by atoms with E-state index in [0.717, 1.165) is 0 Å². The standard InChI is InChI=1S/C8H9N2O.C4H9.V/c1-6(11)10-8-5-3-2-4-7(8)9;1-4(2)3;/h2-5H,1,9H2,(H,10,11);4H,1H2,2-3H3;/q2*-1;+2. The maximum atomic E-state index is 10.5. The molecule has 3 N–H and O–H groups in total. The summed E-state index contributed by atoms with van der Waals surface area (Å²) in [5.74, 6) is 0.225. The topological polar surface area (TPSA) is 55.1 Å². The molecule has 1 aromatic rings. The molecule has 0 bridgehead atoms. The van der Waals surface area contributed by atoms with Crippen molar-refractivity contribution < 1.29 is 23.4 Å². The van der Waals surface area contributed by atoms with Crippen molar-refractivity contribution in [3.8, 4) is 0 Å². The van der Waals surface area contributed by atoms with E-state index in [2.05, 4.69) is 33.0 Å². The Kier molecular flexibility index (Phi) is 9.96. The number of carbonyl (C=O) groups excluding carboxylic acids is 1. The SMILES string of the molecule is [CH2-]C(=O)Nc1ccccc1N.[CH2-]C(C)C.[V+2]. The van der Waals surface area contributed by atoms with E-state index in [1.165, 1.54) is 0 Å². The zero-order chi connectivity index (χ0) is 11.8. The average Bonchev–Trinajstić information content (AvgIpc) is 2.07. The molecule has 0 aliphatic rings. The number of anilines is 2. The van der Waals surface area contributed by atoms with Crippen LogP contribution >= 0.6 is 0 Å². The molecule has 0 spiro atoms. The minimum absolute atomic E-state index is 0. The first kappa shape index (κ1) is 17.3. The smallest absolute Gasteiger partial charge is 0.397 e. The molecule has 0 aromatic heterocycles. The number of amides is 1. The average molecular weight is 257 g/mol. The summed E-state index contributed by atoms with van der Waals surface area (Å²) in [6.07, 6.45) is 0. The number of benzene rings is 1. The Morgan fingerprint density at radius 1 is 1.38 bits per heavy atom. The maximum Gasteiger partial charge on any atom is 2.00 e. The second-order valence-electron chi connectivity index (χ2n) is 3.53. The van der Waals surface area contributed by atoms with Crippen LogP contribution in [0.1, 0.15) is 13.8 Å². The quantitative estimate of drug-likeness (QED) is 0.600. The summed E-state index contributed by atoms with van der Waals surface area (Å²) in [4.78, 5) is 10.5. The molecule has 16 heavy (non-hydrogen) atoms. The Morgan fingerprint density at radius 2 is 1.81 bits per heavy atom. The number of nitrogens with one attached hydrogen (secondary N) is 1. The molecule has 0 aliphatic carbocycles. The van der Waals surface area contributed by atoms with Gasteiger partial charge in [-0.05, 0) is 12.1 Å². The van der Waals surface area contributed by atoms with Gasteiger partial charge in [0, 0.05) is 0 Å². The minimum atomic E-state index is -0.358. The molecule has 87 valence electrons. The number of nitrogens with two attached hydrogens (primary N) is 1. The van der Waals surface area contributed by atoms with Gasteiger partial charge in [-0.25, -0.2) is 0 Å². The molecule has 1 amide bonds. The van der Waals surface area contributed by atoms with Crippen LogP contribution in [0.5, 0.6) is 0 Å². The second kappa shape index (κ2) is 9.19. The number of rotatable bonds is 1. The molecule has 0 saturated carbocycles. The molecule has 1 aromatic carbocycles. The van der Waals surface area contributed by atoms with Gasteiger partial charge in [0.05, 0.1) is 17.3 Å². The zero-order valence-electron chi connectivity index (χ0n) is 9.73. The van der Waals surface area contributed by atoms with Crippen molar-refractivity contribution in [1.29, 1.82) is 0 Å². The van der Waals surface area contributed by atoms with Crippen molar-refractivity contribution >= 4 is 17.3 Å². The van der Waals surface area contributed by atoms with E-state index in [9.17, 15) is 4.79 Å². The van der Waals surface area contributed by atoms with Crippen molar-refractivity contribution in [1.82, 2.24) is 0 Å². The fourth-order valence-electron chi connectivity index (χ4n) is 0.761. The van der Waals surface area contributed by atoms with E-state index in [0.29, 0.717) is 17.3 Å². The van der Waals surface area contributed by atoms with Gasteiger partial charge < -0.3 is 29.7 Å². The first-order chi connectivity index (χ1) is 6.93. The van der Waals surface area contributed by atoms with Gasteiger partial charge in [-0.1, -0.05) is 26.0 Å². The minimum Gasteiger partial charge on any atom is -0.397 e. The van der Waals surface area contributed by atoms with Gasteiger partial charge in [-0.15, -0.1) is 0 Å². The van der Waals surface area contributed by atoms with Gasteiger partial charge >= 0.3 is 18.6 Å². The summed E-state index contributed by atoms with van der Waals surface area (Å²) in [5, 5.41) is 2.50. The van der Waals surface area contributed by atoms with Crippen LogP contribution in [0, 0.1) is 19.8 Å². The monoisotopic (exact) mass is 257 g/mol. The molecule has 0 aliphatic heterocycles. The van der Waals surface area contributed by atoms with Crippen LogP contribution in [0.15, 0.2) is 24.3 Å². The normalized spacial score (nSPS) is 8.50. The van der Waals surface area contributed by atoms with Gasteiger partial charge in [-0.3, -0.25) is 0 Å². The van der Waals surface area contributed by atoms with Gasteiger partial charge in [-0.2, -0.15) is 5.92 Å². The summed E-state index contributed by atoms with van der Waals surface area (Å²) in [6.45, 7) is 10.9. The Balaban J connectivity index is 0. The summed E-state index contributed by atoms with van der Waals surface area (Å²) in [7, 11) is 0. The van der Waals surface area contributed by atoms with Crippen LogP contribution in [0.25, 0.3) is 0 Å². The van der Waals surface area contributed by atoms with Crippen molar-refractivity contribution in [3.63, 3.8) is 0 Å². The van der Waals surface area contributed by atoms with Crippen LogP contribution in [0.3, 0.4) is 0 Å². The number of hydrogen-bond donors (Lipinski definition) is 2. The third kappa shape index (κ3) is 9.50. The van der Waals surface area contributed by atoms with Gasteiger partial charge in [0.25, 0.3) is 0 Å². The number of para-hydroxylation sites is 2. The third-order valence-electron chi connectivity index (χ3n) is 1.23. The van der Waals surface area contributed by atoms with Crippen molar-refractivity contribution in [2.24, 2.45) is 5.92 Å². The van der Waals surface area contributed by atoms with Gasteiger partial charge in [0.1, 0.15) is 0 Å². The van der Waals surface area contributed by atoms with Crippen LogP contribution in [-0.2, 0) is 23.4 Å². The summed E-state index contributed by atoms with van der Waals surface area (Å²) >= 11 is 0. The van der Waals surface area contributed by atoms with Crippen molar-refractivity contribution in [2.45, 2.75) is 13.8 Å². The number of carbonyl (C=O) groups is 1. The second-order valence-corrected chi connectivity index (χ2v) is 3.53. The molecule has 0 atom stereocenters. The zero-order valence-corrected chi connectivity index (χ0v) is 11.1. The van der Waals surface area contributed by atoms with Crippen LogP contribution < -0.4 is 11.1 Å². The van der Waals surface area contributed by atoms with E-state index in [-0.39, 0.29) is 24.5 Å². The van der Waals surface area contributed by atoms with Crippen LogP contribution in [0.2, 0.25) is 0 Å². The fraction of sp³-hybridized carbons (Fsp3) is 0.250. The first-order valence-corrected chi connectivity index (χ1v) is 4.74. The predicted octanol–water partition coefficient (Wildman–Crippen LogP) is 2.52. The Morgan fingerprint density at radius 3 is 2.19 bits per heavy atom. The largest absolute Gasteiger partial charge is 2.00 e.